The number of rotatable bonds is 7. The number of anilines is 1. The molecule has 0 saturated heterocycles. The molecule has 3 aromatic rings. The molecular weight excluding hydrogens is 355 g/mol. The highest BCUT2D eigenvalue weighted by atomic mass is 35.5. The number of hydrogen-bond acceptors (Lipinski definition) is 4. The van der Waals surface area contributed by atoms with Gasteiger partial charge in [-0.2, -0.15) is 4.98 Å². The van der Waals surface area contributed by atoms with Gasteiger partial charge in [0.25, 0.3) is 0 Å². The maximum atomic E-state index is 12.9. The number of aryl methyl sites for hydroxylation is 1. The smallest absolute Gasteiger partial charge is 0.352 e. The SMILES string of the molecule is O=c1nc(NCCCc2ccc(F)cc2)ncn1Cc1ccc(Cl)cc1. The summed E-state index contributed by atoms with van der Waals surface area (Å²) < 4.78 is 14.3. The Kier molecular flexibility index (Phi) is 5.96. The normalized spacial score (nSPS) is 10.7. The minimum atomic E-state index is -0.365. The van der Waals surface area contributed by atoms with E-state index >= 15 is 0 Å². The maximum absolute atomic E-state index is 12.9. The van der Waals surface area contributed by atoms with Crippen LogP contribution in [0.1, 0.15) is 17.5 Å². The van der Waals surface area contributed by atoms with Gasteiger partial charge in [0.05, 0.1) is 6.54 Å². The van der Waals surface area contributed by atoms with Crippen molar-refractivity contribution < 1.29 is 4.39 Å². The van der Waals surface area contributed by atoms with Crippen LogP contribution < -0.4 is 11.0 Å². The minimum absolute atomic E-state index is 0.237. The first kappa shape index (κ1) is 18.1. The van der Waals surface area contributed by atoms with E-state index in [4.69, 9.17) is 11.6 Å². The molecule has 0 unspecified atom stereocenters. The molecule has 134 valence electrons. The molecule has 0 fully saturated rings. The lowest BCUT2D eigenvalue weighted by molar-refractivity contribution is 0.626. The Morgan fingerprint density at radius 1 is 1.04 bits per heavy atom. The van der Waals surface area contributed by atoms with Gasteiger partial charge < -0.3 is 5.32 Å². The van der Waals surface area contributed by atoms with E-state index in [9.17, 15) is 9.18 Å². The third-order valence-corrected chi connectivity index (χ3v) is 4.12. The number of benzene rings is 2. The molecule has 0 radical (unpaired) electrons. The van der Waals surface area contributed by atoms with E-state index in [0.717, 1.165) is 24.0 Å². The molecule has 2 aromatic carbocycles. The van der Waals surface area contributed by atoms with Gasteiger partial charge in [-0.05, 0) is 48.2 Å². The average Bonchev–Trinajstić information content (AvgIpc) is 2.64. The molecule has 0 aliphatic rings. The summed E-state index contributed by atoms with van der Waals surface area (Å²) in [6.45, 7) is 1.01. The zero-order valence-corrected chi connectivity index (χ0v) is 14.8. The van der Waals surface area contributed by atoms with E-state index in [2.05, 4.69) is 15.3 Å². The monoisotopic (exact) mass is 372 g/mol. The van der Waals surface area contributed by atoms with Crippen LogP contribution in [0, 0.1) is 5.82 Å². The molecule has 0 spiro atoms. The van der Waals surface area contributed by atoms with Crippen LogP contribution in [0.4, 0.5) is 10.3 Å². The topological polar surface area (TPSA) is 59.8 Å². The van der Waals surface area contributed by atoms with Crippen molar-refractivity contribution in [1.82, 2.24) is 14.5 Å². The van der Waals surface area contributed by atoms with Crippen molar-refractivity contribution in [3.05, 3.63) is 87.3 Å². The molecule has 5 nitrogen and oxygen atoms in total. The first-order valence-corrected chi connectivity index (χ1v) is 8.64. The third kappa shape index (κ3) is 5.13. The summed E-state index contributed by atoms with van der Waals surface area (Å²) in [5, 5.41) is 3.69. The van der Waals surface area contributed by atoms with Crippen molar-refractivity contribution in [3.63, 3.8) is 0 Å². The Hall–Kier alpha value is -2.73. The predicted octanol–water partition coefficient (Wildman–Crippen LogP) is 3.52. The molecule has 0 atom stereocenters. The second kappa shape index (κ2) is 8.58. The summed E-state index contributed by atoms with van der Waals surface area (Å²) in [6, 6.07) is 13.7. The van der Waals surface area contributed by atoms with Crippen LogP contribution in [0.15, 0.2) is 59.7 Å². The van der Waals surface area contributed by atoms with Gasteiger partial charge in [-0.15, -0.1) is 0 Å². The molecule has 3 rings (SSSR count). The summed E-state index contributed by atoms with van der Waals surface area (Å²) in [6.07, 6.45) is 3.11. The Balaban J connectivity index is 1.51. The van der Waals surface area contributed by atoms with Crippen molar-refractivity contribution >= 4 is 17.5 Å². The number of halogens is 2. The molecule has 1 aromatic heterocycles. The molecule has 26 heavy (non-hydrogen) atoms. The molecule has 0 saturated carbocycles. The highest BCUT2D eigenvalue weighted by Gasteiger charge is 2.03. The molecule has 0 amide bonds. The van der Waals surface area contributed by atoms with Gasteiger partial charge in [-0.1, -0.05) is 35.9 Å². The van der Waals surface area contributed by atoms with Crippen LogP contribution >= 0.6 is 11.6 Å². The standard InChI is InChI=1S/C19H18ClFN4O/c20-16-7-3-15(4-8-16)12-25-13-23-18(24-19(25)26)22-11-1-2-14-5-9-17(21)10-6-14/h3-10,13H,1-2,11-12H2,(H,22,24,26). The van der Waals surface area contributed by atoms with Crippen molar-refractivity contribution in [2.24, 2.45) is 0 Å². The molecule has 0 aliphatic heterocycles. The lowest BCUT2D eigenvalue weighted by atomic mass is 10.1. The summed E-state index contributed by atoms with van der Waals surface area (Å²) in [5.41, 5.74) is 1.64. The summed E-state index contributed by atoms with van der Waals surface area (Å²) in [4.78, 5) is 20.2. The Bertz CT molecular complexity index is 910. The van der Waals surface area contributed by atoms with Crippen LogP contribution in [0.5, 0.6) is 0 Å². The third-order valence-electron chi connectivity index (χ3n) is 3.87. The molecular formula is C19H18ClFN4O. The van der Waals surface area contributed by atoms with Crippen molar-refractivity contribution in [2.45, 2.75) is 19.4 Å². The first-order valence-electron chi connectivity index (χ1n) is 8.26. The van der Waals surface area contributed by atoms with E-state index < -0.39 is 0 Å². The highest BCUT2D eigenvalue weighted by Crippen LogP contribution is 2.10. The zero-order valence-electron chi connectivity index (χ0n) is 14.0. The highest BCUT2D eigenvalue weighted by molar-refractivity contribution is 6.30. The second-order valence-corrected chi connectivity index (χ2v) is 6.31. The number of hydrogen-bond donors (Lipinski definition) is 1. The quantitative estimate of drug-likeness (QED) is 0.644. The van der Waals surface area contributed by atoms with E-state index in [-0.39, 0.29) is 11.5 Å². The van der Waals surface area contributed by atoms with Gasteiger partial charge in [0.2, 0.25) is 5.95 Å². The van der Waals surface area contributed by atoms with Gasteiger partial charge in [-0.25, -0.2) is 14.2 Å². The summed E-state index contributed by atoms with van der Waals surface area (Å²) in [5.74, 6) is 0.0703. The molecule has 1 heterocycles. The van der Waals surface area contributed by atoms with Gasteiger partial charge >= 0.3 is 5.69 Å². The fraction of sp³-hybridized carbons (Fsp3) is 0.211. The largest absolute Gasteiger partial charge is 0.354 e. The summed E-state index contributed by atoms with van der Waals surface area (Å²) in [7, 11) is 0. The molecule has 0 aliphatic carbocycles. The Morgan fingerprint density at radius 3 is 2.42 bits per heavy atom. The molecule has 1 N–H and O–H groups in total. The molecule has 0 bridgehead atoms. The zero-order chi connectivity index (χ0) is 18.4. The van der Waals surface area contributed by atoms with E-state index in [0.29, 0.717) is 24.1 Å². The van der Waals surface area contributed by atoms with Gasteiger partial charge in [-0.3, -0.25) is 4.57 Å². The fourth-order valence-electron chi connectivity index (χ4n) is 2.48. The Labute approximate surface area is 155 Å². The maximum Gasteiger partial charge on any atom is 0.352 e. The second-order valence-electron chi connectivity index (χ2n) is 5.87. The lowest BCUT2D eigenvalue weighted by Gasteiger charge is -2.07. The van der Waals surface area contributed by atoms with Crippen LogP contribution in [0.25, 0.3) is 0 Å². The van der Waals surface area contributed by atoms with Crippen molar-refractivity contribution in [1.29, 1.82) is 0 Å². The van der Waals surface area contributed by atoms with Crippen LogP contribution in [0.2, 0.25) is 5.02 Å². The van der Waals surface area contributed by atoms with E-state index in [1.165, 1.54) is 23.0 Å². The fourth-order valence-corrected chi connectivity index (χ4v) is 2.61. The summed E-state index contributed by atoms with van der Waals surface area (Å²) >= 11 is 5.85. The van der Waals surface area contributed by atoms with Gasteiger partial charge in [0.1, 0.15) is 12.1 Å². The van der Waals surface area contributed by atoms with E-state index in [1.807, 2.05) is 12.1 Å². The molecule has 7 heteroatoms. The number of aromatic nitrogens is 3. The number of nitrogens with zero attached hydrogens (tertiary/aromatic N) is 3. The van der Waals surface area contributed by atoms with Crippen LogP contribution in [0.3, 0.4) is 0 Å². The van der Waals surface area contributed by atoms with Crippen LogP contribution in [-0.2, 0) is 13.0 Å². The van der Waals surface area contributed by atoms with Crippen molar-refractivity contribution in [2.75, 3.05) is 11.9 Å². The van der Waals surface area contributed by atoms with Crippen LogP contribution in [-0.4, -0.2) is 21.1 Å². The number of nitrogens with one attached hydrogen (secondary N) is 1. The first-order chi connectivity index (χ1) is 12.6. The Morgan fingerprint density at radius 2 is 1.73 bits per heavy atom. The minimum Gasteiger partial charge on any atom is -0.354 e. The lowest BCUT2D eigenvalue weighted by Crippen LogP contribution is -2.25. The predicted molar refractivity (Wildman–Crippen MR) is 100 cm³/mol. The van der Waals surface area contributed by atoms with Crippen molar-refractivity contribution in [3.8, 4) is 0 Å². The van der Waals surface area contributed by atoms with E-state index in [1.54, 1.807) is 24.3 Å². The average molecular weight is 373 g/mol. The van der Waals surface area contributed by atoms with Gasteiger partial charge in [0, 0.05) is 11.6 Å². The van der Waals surface area contributed by atoms with Gasteiger partial charge in [0.15, 0.2) is 0 Å².